The Balaban J connectivity index is 1.38. The van der Waals surface area contributed by atoms with Crippen molar-refractivity contribution in [3.05, 3.63) is 53.2 Å². The van der Waals surface area contributed by atoms with Gasteiger partial charge < -0.3 is 15.1 Å². The van der Waals surface area contributed by atoms with Crippen LogP contribution in [0.25, 0.3) is 0 Å². The molecule has 1 N–H and O–H groups in total. The summed E-state index contributed by atoms with van der Waals surface area (Å²) in [6, 6.07) is 10.5. The highest BCUT2D eigenvalue weighted by atomic mass is 35.5. The highest BCUT2D eigenvalue weighted by molar-refractivity contribution is 6.30. The number of halogens is 1. The molecular formula is C23H25ClN4O3. The molecule has 3 heterocycles. The van der Waals surface area contributed by atoms with Crippen molar-refractivity contribution in [2.24, 2.45) is 5.92 Å². The van der Waals surface area contributed by atoms with Gasteiger partial charge in [0.25, 0.3) is 5.91 Å². The fourth-order valence-corrected chi connectivity index (χ4v) is 4.21. The van der Waals surface area contributed by atoms with Gasteiger partial charge in [-0.25, -0.2) is 4.98 Å². The number of pyridine rings is 1. The van der Waals surface area contributed by atoms with Crippen LogP contribution in [0.3, 0.4) is 0 Å². The van der Waals surface area contributed by atoms with E-state index in [1.165, 1.54) is 6.20 Å². The van der Waals surface area contributed by atoms with Gasteiger partial charge in [0, 0.05) is 43.5 Å². The normalized spacial score (nSPS) is 19.3. The molecule has 0 radical (unpaired) electrons. The molecule has 2 aromatic rings. The summed E-state index contributed by atoms with van der Waals surface area (Å²) in [6.45, 7) is 1.70. The smallest absolute Gasteiger partial charge is 0.253 e. The maximum atomic E-state index is 13.0. The number of nitrogens with one attached hydrogen (secondary N) is 1. The number of hydrogen-bond acceptors (Lipinski definition) is 4. The molecule has 3 amide bonds. The largest absolute Gasteiger partial charge is 0.338 e. The minimum Gasteiger partial charge on any atom is -0.338 e. The van der Waals surface area contributed by atoms with Gasteiger partial charge in [0.05, 0.1) is 10.9 Å². The summed E-state index contributed by atoms with van der Waals surface area (Å²) < 4.78 is 0. The van der Waals surface area contributed by atoms with Crippen LogP contribution < -0.4 is 10.2 Å². The van der Waals surface area contributed by atoms with Crippen LogP contribution in [0.2, 0.25) is 5.02 Å². The minimum absolute atomic E-state index is 0.0985. The van der Waals surface area contributed by atoms with Gasteiger partial charge in [-0.3, -0.25) is 14.4 Å². The van der Waals surface area contributed by atoms with Gasteiger partial charge in [-0.05, 0) is 62.1 Å². The van der Waals surface area contributed by atoms with Crippen LogP contribution in [-0.4, -0.2) is 47.2 Å². The predicted molar refractivity (Wildman–Crippen MR) is 119 cm³/mol. The van der Waals surface area contributed by atoms with Gasteiger partial charge >= 0.3 is 0 Å². The molecule has 0 aliphatic carbocycles. The third-order valence-corrected chi connectivity index (χ3v) is 6.03. The molecular weight excluding hydrogens is 416 g/mol. The number of carbonyl (C=O) groups is 3. The molecule has 1 aromatic carbocycles. The van der Waals surface area contributed by atoms with E-state index < -0.39 is 0 Å². The second kappa shape index (κ2) is 9.47. The average molecular weight is 441 g/mol. The van der Waals surface area contributed by atoms with E-state index in [9.17, 15) is 14.4 Å². The summed E-state index contributed by atoms with van der Waals surface area (Å²) in [5, 5.41) is 3.30. The quantitative estimate of drug-likeness (QED) is 0.785. The van der Waals surface area contributed by atoms with Crippen LogP contribution in [0.4, 0.5) is 11.5 Å². The number of rotatable bonds is 4. The Morgan fingerprint density at radius 3 is 2.55 bits per heavy atom. The molecule has 2 aliphatic rings. The van der Waals surface area contributed by atoms with Crippen LogP contribution in [0, 0.1) is 5.92 Å². The average Bonchev–Trinajstić information content (AvgIpc) is 2.80. The highest BCUT2D eigenvalue weighted by Gasteiger charge is 2.29. The molecule has 1 aromatic heterocycles. The van der Waals surface area contributed by atoms with Crippen molar-refractivity contribution in [3.8, 4) is 0 Å². The number of piperidine rings is 2. The molecule has 7 nitrogen and oxygen atoms in total. The van der Waals surface area contributed by atoms with Crippen molar-refractivity contribution in [2.45, 2.75) is 32.1 Å². The first-order valence-corrected chi connectivity index (χ1v) is 11.0. The van der Waals surface area contributed by atoms with Gasteiger partial charge in [0.1, 0.15) is 5.82 Å². The second-order valence-corrected chi connectivity index (χ2v) is 8.43. The van der Waals surface area contributed by atoms with E-state index in [1.54, 1.807) is 34.1 Å². The van der Waals surface area contributed by atoms with Crippen molar-refractivity contribution in [3.63, 3.8) is 0 Å². The lowest BCUT2D eigenvalue weighted by Crippen LogP contribution is -2.43. The van der Waals surface area contributed by atoms with Gasteiger partial charge in [0.2, 0.25) is 11.8 Å². The van der Waals surface area contributed by atoms with E-state index in [-0.39, 0.29) is 23.6 Å². The van der Waals surface area contributed by atoms with E-state index in [2.05, 4.69) is 10.3 Å². The lowest BCUT2D eigenvalue weighted by molar-refractivity contribution is -0.121. The summed E-state index contributed by atoms with van der Waals surface area (Å²) in [7, 11) is 0. The van der Waals surface area contributed by atoms with E-state index in [0.717, 1.165) is 37.9 Å². The molecule has 0 spiro atoms. The Bertz CT molecular complexity index is 962. The third kappa shape index (κ3) is 5.05. The van der Waals surface area contributed by atoms with Crippen LogP contribution in [0.15, 0.2) is 42.6 Å². The number of carbonyl (C=O) groups excluding carboxylic acids is 3. The maximum absolute atomic E-state index is 13.0. The van der Waals surface area contributed by atoms with Gasteiger partial charge in [-0.1, -0.05) is 11.6 Å². The van der Waals surface area contributed by atoms with E-state index >= 15 is 0 Å². The summed E-state index contributed by atoms with van der Waals surface area (Å²) in [6.07, 6.45) is 5.47. The summed E-state index contributed by atoms with van der Waals surface area (Å²) in [5.74, 6) is 0.0384. The van der Waals surface area contributed by atoms with Crippen LogP contribution in [-0.2, 0) is 9.59 Å². The number of benzene rings is 1. The van der Waals surface area contributed by atoms with Gasteiger partial charge in [0.15, 0.2) is 0 Å². The SMILES string of the molecule is O=C(Nc1ccc(Cl)cn1)C1CCCN(C(=O)c2ccc(N3CCCCC3=O)cc2)C1. The molecule has 1 unspecified atom stereocenters. The van der Waals surface area contributed by atoms with Crippen molar-refractivity contribution in [2.75, 3.05) is 29.9 Å². The van der Waals surface area contributed by atoms with Crippen molar-refractivity contribution in [1.82, 2.24) is 9.88 Å². The molecule has 2 saturated heterocycles. The Morgan fingerprint density at radius 2 is 1.84 bits per heavy atom. The van der Waals surface area contributed by atoms with Crippen molar-refractivity contribution in [1.29, 1.82) is 0 Å². The summed E-state index contributed by atoms with van der Waals surface area (Å²) in [4.78, 5) is 45.4. The number of aromatic nitrogens is 1. The van der Waals surface area contributed by atoms with E-state index in [0.29, 0.717) is 35.9 Å². The standard InChI is InChI=1S/C23H25ClN4O3/c24-18-8-11-20(25-14-18)26-22(30)17-4-3-12-27(15-17)23(31)16-6-9-19(10-7-16)28-13-2-1-5-21(28)29/h6-11,14,17H,1-5,12-13,15H2,(H,25,26,30). The minimum atomic E-state index is -0.291. The Labute approximate surface area is 186 Å². The molecule has 2 fully saturated rings. The topological polar surface area (TPSA) is 82.6 Å². The number of likely N-dealkylation sites (tertiary alicyclic amines) is 1. The molecule has 4 rings (SSSR count). The first-order valence-electron chi connectivity index (χ1n) is 10.6. The molecule has 0 bridgehead atoms. The zero-order valence-electron chi connectivity index (χ0n) is 17.2. The first-order chi connectivity index (χ1) is 15.0. The fraction of sp³-hybridized carbons (Fsp3) is 0.391. The monoisotopic (exact) mass is 440 g/mol. The summed E-state index contributed by atoms with van der Waals surface area (Å²) >= 11 is 5.83. The Kier molecular flexibility index (Phi) is 6.51. The number of amides is 3. The van der Waals surface area contributed by atoms with Gasteiger partial charge in [-0.15, -0.1) is 0 Å². The fourth-order valence-electron chi connectivity index (χ4n) is 4.10. The van der Waals surface area contributed by atoms with E-state index in [4.69, 9.17) is 11.6 Å². The van der Waals surface area contributed by atoms with Gasteiger partial charge in [-0.2, -0.15) is 0 Å². The lowest BCUT2D eigenvalue weighted by Gasteiger charge is -2.32. The number of nitrogens with zero attached hydrogens (tertiary/aromatic N) is 3. The zero-order chi connectivity index (χ0) is 21.8. The van der Waals surface area contributed by atoms with Crippen LogP contribution >= 0.6 is 11.6 Å². The lowest BCUT2D eigenvalue weighted by atomic mass is 9.96. The van der Waals surface area contributed by atoms with Crippen LogP contribution in [0.1, 0.15) is 42.5 Å². The molecule has 2 aliphatic heterocycles. The molecule has 8 heteroatoms. The predicted octanol–water partition coefficient (Wildman–Crippen LogP) is 3.74. The first kappa shape index (κ1) is 21.3. The van der Waals surface area contributed by atoms with Crippen molar-refractivity contribution < 1.29 is 14.4 Å². The Morgan fingerprint density at radius 1 is 1.03 bits per heavy atom. The zero-order valence-corrected chi connectivity index (χ0v) is 18.0. The second-order valence-electron chi connectivity index (χ2n) is 7.99. The number of anilines is 2. The maximum Gasteiger partial charge on any atom is 0.253 e. The highest BCUT2D eigenvalue weighted by Crippen LogP contribution is 2.24. The van der Waals surface area contributed by atoms with Crippen LogP contribution in [0.5, 0.6) is 0 Å². The van der Waals surface area contributed by atoms with E-state index in [1.807, 2.05) is 12.1 Å². The molecule has 162 valence electrons. The molecule has 31 heavy (non-hydrogen) atoms. The summed E-state index contributed by atoms with van der Waals surface area (Å²) in [5.41, 5.74) is 1.39. The third-order valence-electron chi connectivity index (χ3n) is 5.81. The Hall–Kier alpha value is -2.93. The molecule has 0 saturated carbocycles. The molecule has 1 atom stereocenters. The van der Waals surface area contributed by atoms with Crippen molar-refractivity contribution >= 4 is 40.8 Å². The number of hydrogen-bond donors (Lipinski definition) is 1.